The summed E-state index contributed by atoms with van der Waals surface area (Å²) in [4.78, 5) is 41.0. The molecule has 1 aliphatic heterocycles. The normalized spacial score (nSPS) is 16.4. The van der Waals surface area contributed by atoms with Gasteiger partial charge in [0.1, 0.15) is 0 Å². The molecule has 0 unspecified atom stereocenters. The number of ether oxygens (including phenoxy) is 1. The molecule has 2 N–H and O–H groups in total. The van der Waals surface area contributed by atoms with Crippen LogP contribution in [-0.4, -0.2) is 28.8 Å². The number of hydrogen-bond acceptors (Lipinski definition) is 4. The van der Waals surface area contributed by atoms with E-state index in [9.17, 15) is 14.4 Å². The monoisotopic (exact) mass is 533 g/mol. The van der Waals surface area contributed by atoms with Crippen LogP contribution in [0.2, 0.25) is 0 Å². The summed E-state index contributed by atoms with van der Waals surface area (Å²) in [5.41, 5.74) is 5.69. The molecular weight excluding hydrogens is 502 g/mol. The first-order chi connectivity index (χ1) is 19.4. The molecule has 1 aliphatic rings. The fourth-order valence-electron chi connectivity index (χ4n) is 4.69. The maximum absolute atomic E-state index is 13.6. The molecule has 0 aliphatic carbocycles. The Morgan fingerprint density at radius 2 is 1.48 bits per heavy atom. The van der Waals surface area contributed by atoms with E-state index < -0.39 is 18.2 Å². The molecular formula is C33H31N3O4. The van der Waals surface area contributed by atoms with Gasteiger partial charge < -0.3 is 15.4 Å². The highest BCUT2D eigenvalue weighted by Crippen LogP contribution is 2.35. The van der Waals surface area contributed by atoms with Crippen molar-refractivity contribution in [3.8, 4) is 0 Å². The van der Waals surface area contributed by atoms with Crippen LogP contribution in [0.4, 0.5) is 10.5 Å². The minimum atomic E-state index is -0.902. The molecule has 7 heteroatoms. The van der Waals surface area contributed by atoms with Gasteiger partial charge in [-0.25, -0.2) is 4.79 Å². The smallest absolute Gasteiger partial charge is 0.411 e. The third kappa shape index (κ3) is 6.21. The topological polar surface area (TPSA) is 87.7 Å². The summed E-state index contributed by atoms with van der Waals surface area (Å²) in [7, 11) is 0. The van der Waals surface area contributed by atoms with Crippen molar-refractivity contribution in [3.05, 3.63) is 137 Å². The van der Waals surface area contributed by atoms with Gasteiger partial charge in [0.05, 0.1) is 6.54 Å². The number of nitrogens with zero attached hydrogens (tertiary/aromatic N) is 1. The maximum Gasteiger partial charge on any atom is 0.411 e. The highest BCUT2D eigenvalue weighted by Gasteiger charge is 2.47. The van der Waals surface area contributed by atoms with Crippen LogP contribution in [0, 0.1) is 13.8 Å². The Balaban J connectivity index is 1.40. The highest BCUT2D eigenvalue weighted by atomic mass is 16.6. The molecule has 7 nitrogen and oxygen atoms in total. The number of rotatable bonds is 8. The van der Waals surface area contributed by atoms with Crippen LogP contribution in [0.5, 0.6) is 0 Å². The molecule has 0 radical (unpaired) electrons. The summed E-state index contributed by atoms with van der Waals surface area (Å²) in [6.45, 7) is 4.50. The summed E-state index contributed by atoms with van der Waals surface area (Å²) >= 11 is 0. The van der Waals surface area contributed by atoms with Crippen LogP contribution in [0.25, 0.3) is 0 Å². The summed E-state index contributed by atoms with van der Waals surface area (Å²) in [5.74, 6) is -0.570. The van der Waals surface area contributed by atoms with Gasteiger partial charge in [0.15, 0.2) is 12.1 Å². The van der Waals surface area contributed by atoms with Crippen molar-refractivity contribution >= 4 is 23.6 Å². The first-order valence-corrected chi connectivity index (χ1v) is 13.2. The zero-order chi connectivity index (χ0) is 28.1. The molecule has 4 aromatic rings. The fraction of sp³-hybridized carbons (Fsp3) is 0.182. The van der Waals surface area contributed by atoms with E-state index in [1.165, 1.54) is 4.90 Å². The molecule has 2 atom stereocenters. The third-order valence-electron chi connectivity index (χ3n) is 6.92. The van der Waals surface area contributed by atoms with Crippen molar-refractivity contribution in [2.45, 2.75) is 39.1 Å². The number of hydrogen-bond donors (Lipinski definition) is 2. The van der Waals surface area contributed by atoms with Gasteiger partial charge in [0.25, 0.3) is 5.91 Å². The lowest BCUT2D eigenvalue weighted by atomic mass is 9.99. The molecule has 0 saturated carbocycles. The van der Waals surface area contributed by atoms with Gasteiger partial charge in [-0.15, -0.1) is 0 Å². The van der Waals surface area contributed by atoms with Crippen LogP contribution in [0.3, 0.4) is 0 Å². The second kappa shape index (κ2) is 11.9. The Morgan fingerprint density at radius 1 is 0.800 bits per heavy atom. The zero-order valence-electron chi connectivity index (χ0n) is 22.5. The number of anilines is 1. The standard InChI is InChI=1S/C33H31N3O4/c1-22-11-15-25(16-12-22)21-36-29(32(38)34-20-24-7-4-3-5-8-24)30(40-33(36)39)27-9-6-10-28(19-27)35-31(37)26-17-13-23(2)14-18-26/h3-19,29-30H,20-21H2,1-2H3,(H,34,38)(H,35,37)/t29-,30-/m1/s1. The van der Waals surface area contributed by atoms with Crippen LogP contribution in [0.15, 0.2) is 103 Å². The minimum Gasteiger partial charge on any atom is -0.438 e. The van der Waals surface area contributed by atoms with E-state index in [1.54, 1.807) is 36.4 Å². The second-order valence-electron chi connectivity index (χ2n) is 10.0. The Labute approximate surface area is 233 Å². The molecule has 202 valence electrons. The predicted molar refractivity (Wildman–Crippen MR) is 154 cm³/mol. The van der Waals surface area contributed by atoms with Crippen molar-refractivity contribution in [2.24, 2.45) is 0 Å². The molecule has 5 rings (SSSR count). The average molecular weight is 534 g/mol. The maximum atomic E-state index is 13.6. The van der Waals surface area contributed by atoms with Crippen LogP contribution in [-0.2, 0) is 22.6 Å². The van der Waals surface area contributed by atoms with Gasteiger partial charge in [0, 0.05) is 17.8 Å². The van der Waals surface area contributed by atoms with Gasteiger partial charge >= 0.3 is 6.09 Å². The Morgan fingerprint density at radius 3 is 2.17 bits per heavy atom. The van der Waals surface area contributed by atoms with Crippen molar-refractivity contribution in [2.75, 3.05) is 5.32 Å². The minimum absolute atomic E-state index is 0.225. The quantitative estimate of drug-likeness (QED) is 0.294. The van der Waals surface area contributed by atoms with E-state index >= 15 is 0 Å². The number of benzene rings is 4. The summed E-state index contributed by atoms with van der Waals surface area (Å²) < 4.78 is 5.81. The number of aryl methyl sites for hydroxylation is 2. The van der Waals surface area contributed by atoms with E-state index in [1.807, 2.05) is 80.6 Å². The SMILES string of the molecule is Cc1ccc(CN2C(=O)O[C@H](c3cccc(NC(=O)c4ccc(C)cc4)c3)[C@@H]2C(=O)NCc2ccccc2)cc1. The number of amides is 3. The predicted octanol–water partition coefficient (Wildman–Crippen LogP) is 5.93. The number of carbonyl (C=O) groups excluding carboxylic acids is 3. The molecule has 3 amide bonds. The first kappa shape index (κ1) is 26.7. The first-order valence-electron chi connectivity index (χ1n) is 13.2. The molecule has 1 saturated heterocycles. The largest absolute Gasteiger partial charge is 0.438 e. The molecule has 0 bridgehead atoms. The van der Waals surface area contributed by atoms with Crippen molar-refractivity contribution in [3.63, 3.8) is 0 Å². The molecule has 1 fully saturated rings. The Kier molecular flexibility index (Phi) is 7.92. The molecule has 0 aromatic heterocycles. The zero-order valence-corrected chi connectivity index (χ0v) is 22.5. The summed E-state index contributed by atoms with van der Waals surface area (Å²) in [6.07, 6.45) is -1.43. The van der Waals surface area contributed by atoms with E-state index in [-0.39, 0.29) is 18.4 Å². The number of carbonyl (C=O) groups is 3. The number of cyclic esters (lactones) is 1. The van der Waals surface area contributed by atoms with Crippen LogP contribution < -0.4 is 10.6 Å². The molecule has 40 heavy (non-hydrogen) atoms. The molecule has 0 spiro atoms. The van der Waals surface area contributed by atoms with E-state index in [2.05, 4.69) is 10.6 Å². The van der Waals surface area contributed by atoms with Gasteiger partial charge in [-0.1, -0.05) is 90.0 Å². The van der Waals surface area contributed by atoms with E-state index in [0.29, 0.717) is 23.4 Å². The number of nitrogens with one attached hydrogen (secondary N) is 2. The van der Waals surface area contributed by atoms with Gasteiger partial charge in [-0.05, 0) is 54.8 Å². The highest BCUT2D eigenvalue weighted by molar-refractivity contribution is 6.04. The van der Waals surface area contributed by atoms with E-state index in [4.69, 9.17) is 4.74 Å². The third-order valence-corrected chi connectivity index (χ3v) is 6.92. The summed E-state index contributed by atoms with van der Waals surface area (Å²) in [6, 6.07) is 30.9. The van der Waals surface area contributed by atoms with Gasteiger partial charge in [0.2, 0.25) is 5.91 Å². The van der Waals surface area contributed by atoms with Crippen molar-refractivity contribution in [1.82, 2.24) is 10.2 Å². The van der Waals surface area contributed by atoms with Crippen LogP contribution in [0.1, 0.15) is 44.3 Å². The Hall–Kier alpha value is -4.91. The fourth-order valence-corrected chi connectivity index (χ4v) is 4.69. The lowest BCUT2D eigenvalue weighted by Gasteiger charge is -2.24. The summed E-state index contributed by atoms with van der Waals surface area (Å²) in [5, 5.41) is 5.88. The average Bonchev–Trinajstić information content (AvgIpc) is 3.29. The second-order valence-corrected chi connectivity index (χ2v) is 10.0. The van der Waals surface area contributed by atoms with Gasteiger partial charge in [-0.3, -0.25) is 14.5 Å². The van der Waals surface area contributed by atoms with Gasteiger partial charge in [-0.2, -0.15) is 0 Å². The Bertz CT molecular complexity index is 1500. The van der Waals surface area contributed by atoms with Crippen LogP contribution >= 0.6 is 0 Å². The van der Waals surface area contributed by atoms with Crippen molar-refractivity contribution in [1.29, 1.82) is 0 Å². The van der Waals surface area contributed by atoms with Crippen molar-refractivity contribution < 1.29 is 19.1 Å². The lowest BCUT2D eigenvalue weighted by molar-refractivity contribution is -0.126. The molecule has 4 aromatic carbocycles. The van der Waals surface area contributed by atoms with E-state index in [0.717, 1.165) is 22.3 Å². The molecule has 1 heterocycles. The lowest BCUT2D eigenvalue weighted by Crippen LogP contribution is -2.46.